The third-order valence-electron chi connectivity index (χ3n) is 5.46. The molecule has 1 N–H and O–H groups in total. The van der Waals surface area contributed by atoms with Gasteiger partial charge in [-0.25, -0.2) is 8.42 Å². The van der Waals surface area contributed by atoms with Gasteiger partial charge in [-0.2, -0.15) is 0 Å². The molecule has 0 bridgehead atoms. The minimum Gasteiger partial charge on any atom is -0.378 e. The number of benzene rings is 3. The average molecular weight is 514 g/mol. The van der Waals surface area contributed by atoms with Gasteiger partial charge in [-0.05, 0) is 48.5 Å². The van der Waals surface area contributed by atoms with Crippen molar-refractivity contribution in [2.45, 2.75) is 4.90 Å². The highest BCUT2D eigenvalue weighted by molar-refractivity contribution is 7.92. The van der Waals surface area contributed by atoms with Gasteiger partial charge in [0.05, 0.1) is 35.0 Å². The number of nitrogens with one attached hydrogen (secondary N) is 1. The van der Waals surface area contributed by atoms with Crippen LogP contribution in [0.4, 0.5) is 11.4 Å². The molecule has 0 atom stereocenters. The summed E-state index contributed by atoms with van der Waals surface area (Å²) >= 11 is 5.92. The summed E-state index contributed by atoms with van der Waals surface area (Å²) in [5.41, 5.74) is 0.968. The number of halogens is 1. The molecule has 0 aromatic heterocycles. The summed E-state index contributed by atoms with van der Waals surface area (Å²) in [4.78, 5) is 27.8. The average Bonchev–Trinajstić information content (AvgIpc) is 2.88. The summed E-state index contributed by atoms with van der Waals surface area (Å²) < 4.78 is 33.2. The van der Waals surface area contributed by atoms with Crippen molar-refractivity contribution >= 4 is 44.8 Å². The number of para-hydroxylation sites is 2. The van der Waals surface area contributed by atoms with E-state index in [1.165, 1.54) is 24.3 Å². The highest BCUT2D eigenvalue weighted by atomic mass is 35.5. The van der Waals surface area contributed by atoms with E-state index in [0.29, 0.717) is 48.3 Å². The van der Waals surface area contributed by atoms with Crippen molar-refractivity contribution in [2.75, 3.05) is 42.5 Å². The summed E-state index contributed by atoms with van der Waals surface area (Å²) in [6.45, 7) is 1.34. The fraction of sp³-hybridized carbons (Fsp3) is 0.200. The maximum atomic E-state index is 13.4. The Morgan fingerprint density at radius 1 is 0.914 bits per heavy atom. The molecule has 10 heteroatoms. The predicted molar refractivity (Wildman–Crippen MR) is 134 cm³/mol. The molecule has 35 heavy (non-hydrogen) atoms. The minimum absolute atomic E-state index is 0.00134. The van der Waals surface area contributed by atoms with Crippen LogP contribution in [0.3, 0.4) is 0 Å². The number of rotatable bonds is 7. The number of amides is 2. The van der Waals surface area contributed by atoms with Crippen molar-refractivity contribution in [3.05, 3.63) is 89.4 Å². The first-order valence-corrected chi connectivity index (χ1v) is 12.8. The number of ether oxygens (including phenoxy) is 1. The smallest absolute Gasteiger partial charge is 0.264 e. The van der Waals surface area contributed by atoms with E-state index < -0.39 is 22.5 Å². The number of carbonyl (C=O) groups is 2. The molecule has 0 radical (unpaired) electrons. The summed E-state index contributed by atoms with van der Waals surface area (Å²) in [5.74, 6) is -0.813. The minimum atomic E-state index is -4.08. The Morgan fingerprint density at radius 2 is 1.54 bits per heavy atom. The Morgan fingerprint density at radius 3 is 2.23 bits per heavy atom. The van der Waals surface area contributed by atoms with Crippen molar-refractivity contribution in [1.82, 2.24) is 4.90 Å². The molecule has 0 spiro atoms. The van der Waals surface area contributed by atoms with Crippen molar-refractivity contribution in [1.29, 1.82) is 0 Å². The highest BCUT2D eigenvalue weighted by Gasteiger charge is 2.28. The van der Waals surface area contributed by atoms with Gasteiger partial charge in [0.1, 0.15) is 6.54 Å². The van der Waals surface area contributed by atoms with Crippen molar-refractivity contribution in [3.8, 4) is 0 Å². The van der Waals surface area contributed by atoms with Crippen LogP contribution >= 0.6 is 11.6 Å². The van der Waals surface area contributed by atoms with Crippen LogP contribution in [0.5, 0.6) is 0 Å². The lowest BCUT2D eigenvalue weighted by Gasteiger charge is -2.28. The van der Waals surface area contributed by atoms with Crippen LogP contribution in [0.15, 0.2) is 83.8 Å². The van der Waals surface area contributed by atoms with Crippen molar-refractivity contribution in [3.63, 3.8) is 0 Å². The number of sulfonamides is 1. The summed E-state index contributed by atoms with van der Waals surface area (Å²) in [5, 5.41) is 3.12. The van der Waals surface area contributed by atoms with Crippen LogP contribution in [-0.2, 0) is 19.6 Å². The van der Waals surface area contributed by atoms with Crippen molar-refractivity contribution < 1.29 is 22.7 Å². The van der Waals surface area contributed by atoms with E-state index in [2.05, 4.69) is 5.32 Å². The zero-order chi connectivity index (χ0) is 24.8. The van der Waals surface area contributed by atoms with Crippen LogP contribution in [0.2, 0.25) is 5.02 Å². The number of anilines is 2. The molecule has 0 saturated carbocycles. The molecule has 3 aromatic carbocycles. The molecule has 1 heterocycles. The normalized spacial score (nSPS) is 13.8. The molecule has 0 aliphatic carbocycles. The highest BCUT2D eigenvalue weighted by Crippen LogP contribution is 2.25. The first-order valence-electron chi connectivity index (χ1n) is 11.0. The van der Waals surface area contributed by atoms with E-state index in [0.717, 1.165) is 4.31 Å². The molecule has 3 aromatic rings. The van der Waals surface area contributed by atoms with E-state index in [-0.39, 0.29) is 10.8 Å². The van der Waals surface area contributed by atoms with Gasteiger partial charge in [-0.15, -0.1) is 0 Å². The van der Waals surface area contributed by atoms with E-state index in [1.54, 1.807) is 59.5 Å². The first-order chi connectivity index (χ1) is 16.9. The Hall–Kier alpha value is -3.40. The largest absolute Gasteiger partial charge is 0.378 e. The monoisotopic (exact) mass is 513 g/mol. The number of carbonyl (C=O) groups excluding carboxylic acids is 2. The summed E-state index contributed by atoms with van der Waals surface area (Å²) in [6, 6.07) is 20.7. The fourth-order valence-corrected chi connectivity index (χ4v) is 5.23. The van der Waals surface area contributed by atoms with E-state index in [1.807, 2.05) is 0 Å². The number of hydrogen-bond acceptors (Lipinski definition) is 5. The Bertz CT molecular complexity index is 1290. The van der Waals surface area contributed by atoms with E-state index >= 15 is 0 Å². The Kier molecular flexibility index (Phi) is 7.70. The zero-order valence-electron chi connectivity index (χ0n) is 18.8. The predicted octanol–water partition coefficient (Wildman–Crippen LogP) is 3.65. The van der Waals surface area contributed by atoms with Crippen LogP contribution < -0.4 is 9.62 Å². The summed E-state index contributed by atoms with van der Waals surface area (Å²) in [6.07, 6.45) is 0. The van der Waals surface area contributed by atoms with Crippen LogP contribution in [0.25, 0.3) is 0 Å². The lowest BCUT2D eigenvalue weighted by atomic mass is 10.1. The van der Waals surface area contributed by atoms with Gasteiger partial charge in [0.15, 0.2) is 0 Å². The molecule has 1 aliphatic rings. The maximum absolute atomic E-state index is 13.4. The standard InChI is InChI=1S/C25H24ClN3O5S/c26-19-10-12-21(13-11-19)35(32,33)29(20-6-2-1-3-7-20)18-24(30)27-23-9-5-4-8-22(23)25(31)28-14-16-34-17-15-28/h1-13H,14-18H2,(H,27,30). The zero-order valence-corrected chi connectivity index (χ0v) is 20.3. The first kappa shape index (κ1) is 24.7. The molecular weight excluding hydrogens is 490 g/mol. The molecule has 2 amide bonds. The van der Waals surface area contributed by atoms with Crippen LogP contribution in [0.1, 0.15) is 10.4 Å². The van der Waals surface area contributed by atoms with Crippen LogP contribution in [-0.4, -0.2) is 58.0 Å². The number of hydrogen-bond donors (Lipinski definition) is 1. The lowest BCUT2D eigenvalue weighted by Crippen LogP contribution is -2.41. The van der Waals surface area contributed by atoms with Gasteiger partial charge in [-0.3, -0.25) is 13.9 Å². The van der Waals surface area contributed by atoms with Gasteiger partial charge in [0.2, 0.25) is 5.91 Å². The molecule has 1 aliphatic heterocycles. The van der Waals surface area contributed by atoms with Gasteiger partial charge in [0, 0.05) is 18.1 Å². The Labute approximate surface area is 209 Å². The molecule has 182 valence electrons. The quantitative estimate of drug-likeness (QED) is 0.520. The molecule has 4 rings (SSSR count). The molecule has 1 saturated heterocycles. The third-order valence-corrected chi connectivity index (χ3v) is 7.50. The van der Waals surface area contributed by atoms with E-state index in [4.69, 9.17) is 16.3 Å². The SMILES string of the molecule is O=C(CN(c1ccccc1)S(=O)(=O)c1ccc(Cl)cc1)Nc1ccccc1C(=O)N1CCOCC1. The van der Waals surface area contributed by atoms with Gasteiger partial charge in [0.25, 0.3) is 15.9 Å². The topological polar surface area (TPSA) is 96.0 Å². The molecule has 0 unspecified atom stereocenters. The second-order valence-corrected chi connectivity index (χ2v) is 10.1. The fourth-order valence-electron chi connectivity index (χ4n) is 3.68. The molecule has 1 fully saturated rings. The summed E-state index contributed by atoms with van der Waals surface area (Å²) in [7, 11) is -4.08. The van der Waals surface area contributed by atoms with Gasteiger partial charge in [-0.1, -0.05) is 41.9 Å². The number of nitrogens with zero attached hydrogens (tertiary/aromatic N) is 2. The second kappa shape index (κ2) is 10.9. The second-order valence-electron chi connectivity index (χ2n) is 7.80. The number of morpholine rings is 1. The van der Waals surface area contributed by atoms with Crippen molar-refractivity contribution in [2.24, 2.45) is 0 Å². The molecule has 8 nitrogen and oxygen atoms in total. The maximum Gasteiger partial charge on any atom is 0.264 e. The van der Waals surface area contributed by atoms with Crippen LogP contribution in [0, 0.1) is 0 Å². The van der Waals surface area contributed by atoms with E-state index in [9.17, 15) is 18.0 Å². The molecular formula is C25H24ClN3O5S. The Balaban J connectivity index is 1.59. The lowest BCUT2D eigenvalue weighted by molar-refractivity contribution is -0.114. The third kappa shape index (κ3) is 5.82. The van der Waals surface area contributed by atoms with Gasteiger partial charge >= 0.3 is 0 Å². The van der Waals surface area contributed by atoms with Gasteiger partial charge < -0.3 is 15.0 Å².